The SMILES string of the molecule is CCCCCCCCS(=O)(=O)c1ccc(N)cc1Cl. The molecule has 3 nitrogen and oxygen atoms in total. The Morgan fingerprint density at radius 2 is 1.74 bits per heavy atom. The minimum Gasteiger partial charge on any atom is -0.399 e. The maximum Gasteiger partial charge on any atom is 0.179 e. The van der Waals surface area contributed by atoms with Crippen molar-refractivity contribution in [1.82, 2.24) is 0 Å². The highest BCUT2D eigenvalue weighted by Crippen LogP contribution is 2.25. The van der Waals surface area contributed by atoms with E-state index in [9.17, 15) is 8.42 Å². The Morgan fingerprint density at radius 1 is 1.11 bits per heavy atom. The maximum absolute atomic E-state index is 12.1. The van der Waals surface area contributed by atoms with Gasteiger partial charge in [-0.15, -0.1) is 0 Å². The quantitative estimate of drug-likeness (QED) is 0.582. The Balaban J connectivity index is 2.52. The Kier molecular flexibility index (Phi) is 6.66. The summed E-state index contributed by atoms with van der Waals surface area (Å²) in [6.07, 6.45) is 6.33. The molecule has 1 rings (SSSR count). The van der Waals surface area contributed by atoms with Crippen LogP contribution < -0.4 is 5.73 Å². The topological polar surface area (TPSA) is 60.2 Å². The standard InChI is InChI=1S/C14H22ClNO2S/c1-2-3-4-5-6-7-10-19(17,18)14-9-8-12(16)11-13(14)15/h8-9,11H,2-7,10,16H2,1H3. The number of unbranched alkanes of at least 4 members (excludes halogenated alkanes) is 5. The van der Waals surface area contributed by atoms with Crippen LogP contribution in [-0.2, 0) is 9.84 Å². The highest BCUT2D eigenvalue weighted by atomic mass is 35.5. The summed E-state index contributed by atoms with van der Waals surface area (Å²) in [5.74, 6) is 0.156. The maximum atomic E-state index is 12.1. The molecule has 0 aromatic heterocycles. The Morgan fingerprint density at radius 3 is 2.37 bits per heavy atom. The number of sulfone groups is 1. The fourth-order valence-corrected chi connectivity index (χ4v) is 3.93. The highest BCUT2D eigenvalue weighted by Gasteiger charge is 2.17. The van der Waals surface area contributed by atoms with Crippen molar-refractivity contribution >= 4 is 27.1 Å². The molecule has 0 aliphatic heterocycles. The van der Waals surface area contributed by atoms with Crippen molar-refractivity contribution in [2.75, 3.05) is 11.5 Å². The minimum absolute atomic E-state index is 0.156. The number of nitrogen functional groups attached to an aromatic ring is 1. The van der Waals surface area contributed by atoms with E-state index < -0.39 is 9.84 Å². The summed E-state index contributed by atoms with van der Waals surface area (Å²) >= 11 is 5.94. The predicted molar refractivity (Wildman–Crippen MR) is 81.3 cm³/mol. The molecule has 0 atom stereocenters. The molecule has 1 aromatic rings. The zero-order valence-corrected chi connectivity index (χ0v) is 12.9. The van der Waals surface area contributed by atoms with Gasteiger partial charge in [-0.3, -0.25) is 0 Å². The molecule has 0 heterocycles. The molecular weight excluding hydrogens is 282 g/mol. The Hall–Kier alpha value is -0.740. The van der Waals surface area contributed by atoms with Gasteiger partial charge in [-0.05, 0) is 24.6 Å². The van der Waals surface area contributed by atoms with Crippen LogP contribution in [0.25, 0.3) is 0 Å². The lowest BCUT2D eigenvalue weighted by molar-refractivity contribution is 0.583. The van der Waals surface area contributed by atoms with Gasteiger partial charge in [0.2, 0.25) is 0 Å². The zero-order chi connectivity index (χ0) is 14.3. The number of halogens is 1. The second-order valence-electron chi connectivity index (χ2n) is 4.78. The van der Waals surface area contributed by atoms with Crippen LogP contribution in [0.5, 0.6) is 0 Å². The third kappa shape index (κ3) is 5.41. The van der Waals surface area contributed by atoms with Crippen molar-refractivity contribution in [2.24, 2.45) is 0 Å². The minimum atomic E-state index is -3.29. The molecule has 1 aromatic carbocycles. The predicted octanol–water partition coefficient (Wildman–Crippen LogP) is 4.06. The molecule has 0 bridgehead atoms. The van der Waals surface area contributed by atoms with E-state index in [-0.39, 0.29) is 15.7 Å². The second kappa shape index (κ2) is 7.75. The van der Waals surface area contributed by atoms with Gasteiger partial charge in [-0.25, -0.2) is 8.42 Å². The molecule has 108 valence electrons. The fraction of sp³-hybridized carbons (Fsp3) is 0.571. The smallest absolute Gasteiger partial charge is 0.179 e. The monoisotopic (exact) mass is 303 g/mol. The summed E-state index contributed by atoms with van der Waals surface area (Å²) in [6, 6.07) is 4.54. The fourth-order valence-electron chi connectivity index (χ4n) is 1.95. The number of nitrogens with two attached hydrogens (primary N) is 1. The Labute approximate surface area is 121 Å². The molecule has 0 aliphatic carbocycles. The van der Waals surface area contributed by atoms with Crippen LogP contribution in [0.15, 0.2) is 23.1 Å². The first-order valence-corrected chi connectivity index (χ1v) is 8.78. The number of hydrogen-bond acceptors (Lipinski definition) is 3. The van der Waals surface area contributed by atoms with E-state index in [1.165, 1.54) is 31.4 Å². The summed E-state index contributed by atoms with van der Waals surface area (Å²) in [5.41, 5.74) is 6.04. The Bertz CT molecular complexity index is 500. The third-order valence-electron chi connectivity index (χ3n) is 3.06. The molecular formula is C14H22ClNO2S. The van der Waals surface area contributed by atoms with E-state index in [1.807, 2.05) is 0 Å². The van der Waals surface area contributed by atoms with Crippen molar-refractivity contribution in [3.63, 3.8) is 0 Å². The molecule has 0 fully saturated rings. The first-order valence-electron chi connectivity index (χ1n) is 6.75. The number of rotatable bonds is 8. The summed E-state index contributed by atoms with van der Waals surface area (Å²) in [6.45, 7) is 2.16. The summed E-state index contributed by atoms with van der Waals surface area (Å²) in [7, 11) is -3.29. The van der Waals surface area contributed by atoms with Crippen molar-refractivity contribution in [3.05, 3.63) is 23.2 Å². The van der Waals surface area contributed by atoms with Crippen molar-refractivity contribution in [1.29, 1.82) is 0 Å². The average Bonchev–Trinajstić information content (AvgIpc) is 2.33. The van der Waals surface area contributed by atoms with Gasteiger partial charge < -0.3 is 5.73 Å². The van der Waals surface area contributed by atoms with Gasteiger partial charge in [0.25, 0.3) is 0 Å². The molecule has 0 saturated heterocycles. The lowest BCUT2D eigenvalue weighted by Gasteiger charge is -2.07. The zero-order valence-electron chi connectivity index (χ0n) is 11.4. The summed E-state index contributed by atoms with van der Waals surface area (Å²) in [4.78, 5) is 0.192. The third-order valence-corrected chi connectivity index (χ3v) is 5.33. The molecule has 0 radical (unpaired) electrons. The second-order valence-corrected chi connectivity index (χ2v) is 7.26. The largest absolute Gasteiger partial charge is 0.399 e. The van der Waals surface area contributed by atoms with Gasteiger partial charge in [0.05, 0.1) is 15.7 Å². The molecule has 0 unspecified atom stereocenters. The summed E-state index contributed by atoms with van der Waals surface area (Å²) in [5, 5.41) is 0.214. The van der Waals surface area contributed by atoms with Gasteiger partial charge in [0.15, 0.2) is 9.84 Å². The van der Waals surface area contributed by atoms with Crippen LogP contribution in [0.4, 0.5) is 5.69 Å². The van der Waals surface area contributed by atoms with Gasteiger partial charge in [-0.2, -0.15) is 0 Å². The van der Waals surface area contributed by atoms with E-state index in [4.69, 9.17) is 17.3 Å². The lowest BCUT2D eigenvalue weighted by atomic mass is 10.1. The van der Waals surface area contributed by atoms with E-state index in [0.29, 0.717) is 12.1 Å². The molecule has 0 amide bonds. The van der Waals surface area contributed by atoms with E-state index >= 15 is 0 Å². The van der Waals surface area contributed by atoms with Gasteiger partial charge in [-0.1, -0.05) is 50.6 Å². The molecule has 19 heavy (non-hydrogen) atoms. The number of hydrogen-bond donors (Lipinski definition) is 1. The number of benzene rings is 1. The molecule has 5 heteroatoms. The van der Waals surface area contributed by atoms with E-state index in [2.05, 4.69) is 6.92 Å². The first kappa shape index (κ1) is 16.3. The van der Waals surface area contributed by atoms with E-state index in [0.717, 1.165) is 12.8 Å². The van der Waals surface area contributed by atoms with Gasteiger partial charge in [0, 0.05) is 5.69 Å². The molecule has 0 spiro atoms. The highest BCUT2D eigenvalue weighted by molar-refractivity contribution is 7.91. The van der Waals surface area contributed by atoms with Gasteiger partial charge in [0.1, 0.15) is 0 Å². The van der Waals surface area contributed by atoms with Crippen LogP contribution >= 0.6 is 11.6 Å². The molecule has 0 saturated carbocycles. The molecule has 2 N–H and O–H groups in total. The van der Waals surface area contributed by atoms with Gasteiger partial charge >= 0.3 is 0 Å². The van der Waals surface area contributed by atoms with Crippen LogP contribution in [0.2, 0.25) is 5.02 Å². The van der Waals surface area contributed by atoms with Crippen molar-refractivity contribution < 1.29 is 8.42 Å². The molecule has 0 aliphatic rings. The van der Waals surface area contributed by atoms with Crippen LogP contribution in [0.1, 0.15) is 45.4 Å². The number of anilines is 1. The van der Waals surface area contributed by atoms with Crippen molar-refractivity contribution in [2.45, 2.75) is 50.3 Å². The lowest BCUT2D eigenvalue weighted by Crippen LogP contribution is -2.07. The summed E-state index contributed by atoms with van der Waals surface area (Å²) < 4.78 is 24.3. The van der Waals surface area contributed by atoms with Crippen LogP contribution in [0.3, 0.4) is 0 Å². The average molecular weight is 304 g/mol. The normalized spacial score (nSPS) is 11.7. The van der Waals surface area contributed by atoms with Crippen LogP contribution in [-0.4, -0.2) is 14.2 Å². The first-order chi connectivity index (χ1) is 8.97. The van der Waals surface area contributed by atoms with E-state index in [1.54, 1.807) is 6.07 Å². The van der Waals surface area contributed by atoms with Crippen LogP contribution in [0, 0.1) is 0 Å². The van der Waals surface area contributed by atoms with Crippen molar-refractivity contribution in [3.8, 4) is 0 Å².